The van der Waals surface area contributed by atoms with Crippen molar-refractivity contribution in [3.63, 3.8) is 0 Å². The Hall–Kier alpha value is -1.09. The Bertz CT molecular complexity index is 644. The molecule has 3 aliphatic carbocycles. The van der Waals surface area contributed by atoms with Crippen LogP contribution in [0.3, 0.4) is 0 Å². The van der Waals surface area contributed by atoms with Crippen LogP contribution in [0.1, 0.15) is 64.7 Å². The van der Waals surface area contributed by atoms with Crippen molar-refractivity contribution in [2.24, 2.45) is 21.2 Å². The van der Waals surface area contributed by atoms with E-state index in [0.717, 1.165) is 0 Å². The summed E-state index contributed by atoms with van der Waals surface area (Å²) in [5, 5.41) is 0. The third kappa shape index (κ3) is 2.32. The molecule has 1 spiro atoms. The van der Waals surface area contributed by atoms with Crippen LogP contribution in [0, 0.1) is 16.2 Å². The highest BCUT2D eigenvalue weighted by Crippen LogP contribution is 2.96. The van der Waals surface area contributed by atoms with Gasteiger partial charge >= 0.3 is 0 Å². The van der Waals surface area contributed by atoms with Crippen LogP contribution in [0.15, 0.2) is 29.0 Å². The molecule has 0 bridgehead atoms. The van der Waals surface area contributed by atoms with Gasteiger partial charge in [-0.05, 0) is 82.2 Å². The maximum Gasteiger partial charge on any atom is 0.0508 e. The second-order valence-corrected chi connectivity index (χ2v) is 9.75. The summed E-state index contributed by atoms with van der Waals surface area (Å²) in [6.45, 7) is 13.0. The third-order valence-corrected chi connectivity index (χ3v) is 8.60. The van der Waals surface area contributed by atoms with Crippen molar-refractivity contribution in [1.82, 2.24) is 9.80 Å². The van der Waals surface area contributed by atoms with Crippen LogP contribution in [0.5, 0.6) is 0 Å². The molecule has 0 amide bonds. The minimum atomic E-state index is 0.364. The zero-order chi connectivity index (χ0) is 17.8. The summed E-state index contributed by atoms with van der Waals surface area (Å²) in [7, 11) is 0. The van der Waals surface area contributed by atoms with Crippen LogP contribution in [-0.2, 0) is 0 Å². The number of hydrogen-bond donors (Lipinski definition) is 0. The molecule has 0 aromatic carbocycles. The fourth-order valence-electron chi connectivity index (χ4n) is 6.98. The Labute approximate surface area is 159 Å². The summed E-state index contributed by atoms with van der Waals surface area (Å²) >= 11 is 0. The van der Waals surface area contributed by atoms with Crippen molar-refractivity contribution in [2.45, 2.75) is 64.7 Å². The molecule has 3 saturated carbocycles. The second kappa shape index (κ2) is 5.95. The predicted molar refractivity (Wildman–Crippen MR) is 108 cm³/mol. The molecule has 2 heterocycles. The Morgan fingerprint density at radius 3 is 2.38 bits per heavy atom. The van der Waals surface area contributed by atoms with Crippen LogP contribution in [-0.4, -0.2) is 48.7 Å². The van der Waals surface area contributed by atoms with Crippen molar-refractivity contribution in [1.29, 1.82) is 0 Å². The van der Waals surface area contributed by atoms with Gasteiger partial charge in [0.2, 0.25) is 0 Å². The lowest BCUT2D eigenvalue weighted by Gasteiger charge is -2.30. The maximum absolute atomic E-state index is 4.94. The van der Waals surface area contributed by atoms with E-state index in [1.165, 1.54) is 102 Å². The van der Waals surface area contributed by atoms with Gasteiger partial charge in [-0.3, -0.25) is 4.99 Å². The topological polar surface area (TPSA) is 18.8 Å². The van der Waals surface area contributed by atoms with Crippen LogP contribution in [0.25, 0.3) is 0 Å². The quantitative estimate of drug-likeness (QED) is 0.649. The molecule has 3 atom stereocenters. The first-order chi connectivity index (χ1) is 12.6. The van der Waals surface area contributed by atoms with Crippen molar-refractivity contribution in [3.05, 3.63) is 24.0 Å². The van der Waals surface area contributed by atoms with Crippen LogP contribution < -0.4 is 0 Å². The molecule has 0 N–H and O–H groups in total. The summed E-state index contributed by atoms with van der Waals surface area (Å²) in [6, 6.07) is 0. The van der Waals surface area contributed by atoms with Gasteiger partial charge < -0.3 is 9.80 Å². The Morgan fingerprint density at radius 1 is 1.00 bits per heavy atom. The standard InChI is InChI=1S/C23H35N3/c1-3-20(26-13-7-8-14-26)15-24-19(2)22-10-9-21(16-23(21,22)17-22)18-25-11-5-4-6-12-25/h3,15H,2,4-14,16-18H2,1H3/b20-3+,24-15-. The Kier molecular flexibility index (Phi) is 3.90. The van der Waals surface area contributed by atoms with E-state index < -0.39 is 0 Å². The van der Waals surface area contributed by atoms with Crippen molar-refractivity contribution < 1.29 is 0 Å². The molecule has 26 heavy (non-hydrogen) atoms. The minimum absolute atomic E-state index is 0.364. The maximum atomic E-state index is 4.94. The number of allylic oxidation sites excluding steroid dienone is 3. The lowest BCUT2D eigenvalue weighted by atomic mass is 9.95. The van der Waals surface area contributed by atoms with Gasteiger partial charge in [0.1, 0.15) is 0 Å². The SMILES string of the molecule is C=C(/N=C\C(=C/C)N1CCCC1)C12CCC3(CN4CCCCC4)CC31C2. The molecule has 2 saturated heterocycles. The normalized spacial score (nSPS) is 42.2. The summed E-state index contributed by atoms with van der Waals surface area (Å²) < 4.78 is 0. The van der Waals surface area contributed by atoms with E-state index in [-0.39, 0.29) is 0 Å². The Balaban J connectivity index is 1.24. The molecule has 0 aromatic heterocycles. The highest BCUT2D eigenvalue weighted by Gasteiger charge is 2.90. The number of rotatable bonds is 6. The van der Waals surface area contributed by atoms with Gasteiger partial charge in [0.05, 0.1) is 11.9 Å². The molecule has 0 radical (unpaired) electrons. The summed E-state index contributed by atoms with van der Waals surface area (Å²) in [6.07, 6.45) is 16.8. The summed E-state index contributed by atoms with van der Waals surface area (Å²) in [5.41, 5.74) is 4.07. The van der Waals surface area contributed by atoms with Gasteiger partial charge in [0, 0.05) is 30.7 Å². The van der Waals surface area contributed by atoms with Crippen molar-refractivity contribution in [2.75, 3.05) is 32.7 Å². The van der Waals surface area contributed by atoms with Crippen LogP contribution in [0.4, 0.5) is 0 Å². The first kappa shape index (κ1) is 17.0. The molecular weight excluding hydrogens is 318 g/mol. The van der Waals surface area contributed by atoms with Gasteiger partial charge in [0.25, 0.3) is 0 Å². The Morgan fingerprint density at radius 2 is 1.73 bits per heavy atom. The van der Waals surface area contributed by atoms with E-state index in [0.29, 0.717) is 16.2 Å². The molecule has 2 aliphatic heterocycles. The average Bonchev–Trinajstić information content (AvgIpc) is 3.35. The molecule has 5 aliphatic rings. The molecule has 3 heteroatoms. The highest BCUT2D eigenvalue weighted by atomic mass is 15.2. The van der Waals surface area contributed by atoms with E-state index in [4.69, 9.17) is 4.99 Å². The van der Waals surface area contributed by atoms with Crippen molar-refractivity contribution in [3.8, 4) is 0 Å². The highest BCUT2D eigenvalue weighted by molar-refractivity contribution is 5.79. The van der Waals surface area contributed by atoms with E-state index >= 15 is 0 Å². The van der Waals surface area contributed by atoms with Crippen molar-refractivity contribution >= 4 is 6.21 Å². The minimum Gasteiger partial charge on any atom is -0.371 e. The van der Waals surface area contributed by atoms with E-state index in [1.807, 2.05) is 0 Å². The van der Waals surface area contributed by atoms with E-state index in [2.05, 4.69) is 35.6 Å². The first-order valence-electron chi connectivity index (χ1n) is 11.0. The number of piperidine rings is 1. The fourth-order valence-corrected chi connectivity index (χ4v) is 6.98. The zero-order valence-electron chi connectivity index (χ0n) is 16.6. The van der Waals surface area contributed by atoms with Gasteiger partial charge in [0.15, 0.2) is 0 Å². The third-order valence-electron chi connectivity index (χ3n) is 8.60. The molecule has 3 unspecified atom stereocenters. The fraction of sp³-hybridized carbons (Fsp3) is 0.783. The van der Waals surface area contributed by atoms with E-state index in [1.54, 1.807) is 0 Å². The zero-order valence-corrected chi connectivity index (χ0v) is 16.6. The predicted octanol–water partition coefficient (Wildman–Crippen LogP) is 4.62. The molecule has 0 aromatic rings. The number of likely N-dealkylation sites (tertiary alicyclic amines) is 2. The molecule has 3 nitrogen and oxygen atoms in total. The summed E-state index contributed by atoms with van der Waals surface area (Å²) in [4.78, 5) is 10.2. The van der Waals surface area contributed by atoms with Crippen LogP contribution in [0.2, 0.25) is 0 Å². The molecule has 142 valence electrons. The van der Waals surface area contributed by atoms with E-state index in [9.17, 15) is 0 Å². The number of hydrogen-bond acceptors (Lipinski definition) is 3. The molecule has 5 rings (SSSR count). The lowest BCUT2D eigenvalue weighted by Crippen LogP contribution is -2.35. The number of nitrogens with zero attached hydrogens (tertiary/aromatic N) is 3. The molecular formula is C23H35N3. The average molecular weight is 354 g/mol. The second-order valence-electron chi connectivity index (χ2n) is 9.75. The first-order valence-corrected chi connectivity index (χ1v) is 11.0. The van der Waals surface area contributed by atoms with Gasteiger partial charge in [-0.1, -0.05) is 19.1 Å². The molecule has 5 fully saturated rings. The smallest absolute Gasteiger partial charge is 0.0508 e. The lowest BCUT2D eigenvalue weighted by molar-refractivity contribution is 0.177. The van der Waals surface area contributed by atoms with Gasteiger partial charge in [-0.25, -0.2) is 0 Å². The van der Waals surface area contributed by atoms with Crippen LogP contribution >= 0.6 is 0 Å². The van der Waals surface area contributed by atoms with Gasteiger partial charge in [-0.2, -0.15) is 0 Å². The largest absolute Gasteiger partial charge is 0.371 e. The number of aliphatic imine (C=N–C) groups is 1. The van der Waals surface area contributed by atoms with Gasteiger partial charge in [-0.15, -0.1) is 0 Å². The monoisotopic (exact) mass is 353 g/mol. The summed E-state index contributed by atoms with van der Waals surface area (Å²) in [5.74, 6) is 0.